The summed E-state index contributed by atoms with van der Waals surface area (Å²) in [5.74, 6) is -0.723. The summed E-state index contributed by atoms with van der Waals surface area (Å²) < 4.78 is 0. The van der Waals surface area contributed by atoms with E-state index in [9.17, 15) is 14.4 Å². The largest absolute Gasteiger partial charge is 0.325 e. The normalized spacial score (nSPS) is 17.0. The minimum atomic E-state index is -0.826. The first-order chi connectivity index (χ1) is 11.6. The van der Waals surface area contributed by atoms with Crippen molar-refractivity contribution in [1.29, 1.82) is 0 Å². The number of carbonyl (C=O) groups excluding carboxylic acids is 3. The van der Waals surface area contributed by atoms with Crippen LogP contribution >= 0.6 is 11.3 Å². The van der Waals surface area contributed by atoms with Gasteiger partial charge < -0.3 is 10.6 Å². The molecule has 0 radical (unpaired) electrons. The first kappa shape index (κ1) is 16.1. The lowest BCUT2D eigenvalue weighted by atomic mass is 10.1. The summed E-state index contributed by atoms with van der Waals surface area (Å²) in [6.07, 6.45) is 2.05. The van der Waals surface area contributed by atoms with Crippen molar-refractivity contribution >= 4 is 34.3 Å². The van der Waals surface area contributed by atoms with E-state index >= 15 is 0 Å². The third kappa shape index (κ3) is 3.77. The second-order valence-corrected chi connectivity index (χ2v) is 6.21. The molecule has 8 heteroatoms. The molecule has 1 fully saturated rings. The quantitative estimate of drug-likeness (QED) is 0.779. The second-order valence-electron chi connectivity index (χ2n) is 5.32. The van der Waals surface area contributed by atoms with Gasteiger partial charge in [0.25, 0.3) is 5.91 Å². The van der Waals surface area contributed by atoms with Crippen LogP contribution in [0.1, 0.15) is 12.0 Å². The summed E-state index contributed by atoms with van der Waals surface area (Å²) in [6.45, 7) is 0.291. The van der Waals surface area contributed by atoms with E-state index in [0.29, 0.717) is 18.1 Å². The Kier molecular flexibility index (Phi) is 4.85. The maximum atomic E-state index is 12.3. The van der Waals surface area contributed by atoms with Crippen molar-refractivity contribution in [3.63, 3.8) is 0 Å². The highest BCUT2D eigenvalue weighted by Gasteiger charge is 2.38. The van der Waals surface area contributed by atoms with Gasteiger partial charge in [0.2, 0.25) is 5.91 Å². The number of thiazole rings is 1. The smallest absolute Gasteiger partial charge is 0.324 e. The van der Waals surface area contributed by atoms with Gasteiger partial charge in [-0.3, -0.25) is 14.5 Å². The van der Waals surface area contributed by atoms with Crippen LogP contribution in [0.5, 0.6) is 0 Å². The predicted octanol–water partition coefficient (Wildman–Crippen LogP) is 1.63. The number of nitrogens with zero attached hydrogens (tertiary/aromatic N) is 2. The van der Waals surface area contributed by atoms with Crippen LogP contribution in [0, 0.1) is 0 Å². The molecule has 3 rings (SSSR count). The van der Waals surface area contributed by atoms with E-state index in [0.717, 1.165) is 10.5 Å². The molecule has 4 amide bonds. The molecule has 1 saturated heterocycles. The number of rotatable bonds is 6. The van der Waals surface area contributed by atoms with E-state index in [1.54, 1.807) is 11.6 Å². The Labute approximate surface area is 142 Å². The SMILES string of the molecule is O=C(C[C@@H]1NC(=O)N(CCc2ccccc2)C1=O)Nc1nccs1. The molecule has 0 bridgehead atoms. The zero-order valence-electron chi connectivity index (χ0n) is 12.8. The number of aromatic nitrogens is 1. The van der Waals surface area contributed by atoms with E-state index in [2.05, 4.69) is 15.6 Å². The van der Waals surface area contributed by atoms with Crippen LogP contribution in [-0.2, 0) is 16.0 Å². The van der Waals surface area contributed by atoms with Gasteiger partial charge in [-0.2, -0.15) is 0 Å². The van der Waals surface area contributed by atoms with Crippen LogP contribution in [0.15, 0.2) is 41.9 Å². The van der Waals surface area contributed by atoms with Gasteiger partial charge in [0.1, 0.15) is 6.04 Å². The standard InChI is InChI=1S/C16H16N4O3S/c21-13(19-15-17-7-9-24-15)10-12-14(22)20(16(23)18-12)8-6-11-4-2-1-3-5-11/h1-5,7,9,12H,6,8,10H2,(H,18,23)(H,17,19,21)/t12-/m0/s1. The van der Waals surface area contributed by atoms with E-state index in [1.807, 2.05) is 30.3 Å². The number of carbonyl (C=O) groups is 3. The van der Waals surface area contributed by atoms with Crippen LogP contribution in [0.3, 0.4) is 0 Å². The molecule has 1 aliphatic heterocycles. The fraction of sp³-hybridized carbons (Fsp3) is 0.250. The third-order valence-electron chi connectivity index (χ3n) is 3.64. The molecular formula is C16H16N4O3S. The number of amides is 4. The summed E-state index contributed by atoms with van der Waals surface area (Å²) in [7, 11) is 0. The van der Waals surface area contributed by atoms with Gasteiger partial charge in [-0.05, 0) is 12.0 Å². The monoisotopic (exact) mass is 344 g/mol. The van der Waals surface area contributed by atoms with Crippen LogP contribution < -0.4 is 10.6 Å². The topological polar surface area (TPSA) is 91.4 Å². The number of benzene rings is 1. The Bertz CT molecular complexity index is 733. The number of urea groups is 1. The first-order valence-corrected chi connectivity index (χ1v) is 8.36. The Morgan fingerprint density at radius 2 is 2.08 bits per heavy atom. The fourth-order valence-electron chi connectivity index (χ4n) is 2.45. The van der Waals surface area contributed by atoms with Gasteiger partial charge in [-0.1, -0.05) is 30.3 Å². The maximum absolute atomic E-state index is 12.3. The predicted molar refractivity (Wildman–Crippen MR) is 89.5 cm³/mol. The molecule has 0 aliphatic carbocycles. The van der Waals surface area contributed by atoms with Crippen LogP contribution in [0.4, 0.5) is 9.93 Å². The summed E-state index contributed by atoms with van der Waals surface area (Å²) in [5, 5.41) is 7.37. The number of nitrogens with one attached hydrogen (secondary N) is 2. The average Bonchev–Trinajstić information content (AvgIpc) is 3.16. The fourth-order valence-corrected chi connectivity index (χ4v) is 3.00. The molecule has 2 aromatic rings. The zero-order valence-corrected chi connectivity index (χ0v) is 13.6. The van der Waals surface area contributed by atoms with Crippen LogP contribution in [0.25, 0.3) is 0 Å². The van der Waals surface area contributed by atoms with E-state index < -0.39 is 12.1 Å². The van der Waals surface area contributed by atoms with E-state index in [-0.39, 0.29) is 18.2 Å². The van der Waals surface area contributed by atoms with Crippen molar-refractivity contribution in [3.8, 4) is 0 Å². The van der Waals surface area contributed by atoms with Gasteiger partial charge >= 0.3 is 6.03 Å². The molecule has 0 unspecified atom stereocenters. The molecule has 1 aromatic carbocycles. The molecule has 24 heavy (non-hydrogen) atoms. The van der Waals surface area contributed by atoms with Crippen molar-refractivity contribution in [2.45, 2.75) is 18.9 Å². The van der Waals surface area contributed by atoms with E-state index in [4.69, 9.17) is 0 Å². The third-order valence-corrected chi connectivity index (χ3v) is 4.33. The van der Waals surface area contributed by atoms with Gasteiger partial charge in [-0.25, -0.2) is 9.78 Å². The molecule has 124 valence electrons. The molecule has 0 saturated carbocycles. The van der Waals surface area contributed by atoms with Crippen molar-refractivity contribution in [3.05, 3.63) is 47.5 Å². The minimum Gasteiger partial charge on any atom is -0.325 e. The summed E-state index contributed by atoms with van der Waals surface area (Å²) in [4.78, 5) is 41.3. The van der Waals surface area contributed by atoms with Gasteiger partial charge in [-0.15, -0.1) is 11.3 Å². The average molecular weight is 344 g/mol. The van der Waals surface area contributed by atoms with Crippen LogP contribution in [-0.4, -0.2) is 40.3 Å². The number of anilines is 1. The first-order valence-electron chi connectivity index (χ1n) is 7.48. The van der Waals surface area contributed by atoms with Gasteiger partial charge in [0.05, 0.1) is 6.42 Å². The summed E-state index contributed by atoms with van der Waals surface area (Å²) >= 11 is 1.29. The number of imide groups is 1. The Morgan fingerprint density at radius 3 is 2.79 bits per heavy atom. The highest BCUT2D eigenvalue weighted by Crippen LogP contribution is 2.14. The van der Waals surface area contributed by atoms with Crippen LogP contribution in [0.2, 0.25) is 0 Å². The molecule has 0 spiro atoms. The summed E-state index contributed by atoms with van der Waals surface area (Å²) in [5.41, 5.74) is 1.04. The number of hydrogen-bond donors (Lipinski definition) is 2. The molecule has 1 atom stereocenters. The maximum Gasteiger partial charge on any atom is 0.324 e. The second kappa shape index (κ2) is 7.22. The molecule has 1 aliphatic rings. The van der Waals surface area contributed by atoms with Gasteiger partial charge in [0, 0.05) is 18.1 Å². The Morgan fingerprint density at radius 1 is 1.29 bits per heavy atom. The lowest BCUT2D eigenvalue weighted by Crippen LogP contribution is -2.34. The van der Waals surface area contributed by atoms with Crippen molar-refractivity contribution < 1.29 is 14.4 Å². The molecule has 2 N–H and O–H groups in total. The van der Waals surface area contributed by atoms with Gasteiger partial charge in [0.15, 0.2) is 5.13 Å². The molecule has 1 aromatic heterocycles. The molecular weight excluding hydrogens is 328 g/mol. The highest BCUT2D eigenvalue weighted by atomic mass is 32.1. The number of hydrogen-bond acceptors (Lipinski definition) is 5. The lowest BCUT2D eigenvalue weighted by molar-refractivity contribution is -0.129. The Balaban J connectivity index is 1.54. The molecule has 2 heterocycles. The Hall–Kier alpha value is -2.74. The molecule has 7 nitrogen and oxygen atoms in total. The van der Waals surface area contributed by atoms with E-state index in [1.165, 1.54) is 11.3 Å². The van der Waals surface area contributed by atoms with Crippen molar-refractivity contribution in [2.24, 2.45) is 0 Å². The minimum absolute atomic E-state index is 0.105. The zero-order chi connectivity index (χ0) is 16.9. The highest BCUT2D eigenvalue weighted by molar-refractivity contribution is 7.13. The van der Waals surface area contributed by atoms with Crippen molar-refractivity contribution in [2.75, 3.05) is 11.9 Å². The van der Waals surface area contributed by atoms with Crippen molar-refractivity contribution in [1.82, 2.24) is 15.2 Å². The summed E-state index contributed by atoms with van der Waals surface area (Å²) in [6, 6.07) is 8.33. The lowest BCUT2D eigenvalue weighted by Gasteiger charge is -2.12.